The number of hydrogen-bond donors (Lipinski definition) is 1. The number of fused-ring (bicyclic) bond motifs is 1. The van der Waals surface area contributed by atoms with E-state index in [2.05, 4.69) is 23.7 Å². The second-order valence-corrected chi connectivity index (χ2v) is 7.78. The van der Waals surface area contributed by atoms with Crippen LogP contribution in [0.1, 0.15) is 42.6 Å². The number of benzene rings is 1. The van der Waals surface area contributed by atoms with Gasteiger partial charge in [-0.1, -0.05) is 38.1 Å². The first-order valence-corrected chi connectivity index (χ1v) is 11.0. The Morgan fingerprint density at radius 3 is 2.59 bits per heavy atom. The van der Waals surface area contributed by atoms with Crippen molar-refractivity contribution < 1.29 is 19.1 Å². The average molecular weight is 434 g/mol. The standard InChI is InChI=1S/C25H27N3O4/c1-3-27(4-2)14-9-15-28-22(18-11-7-8-13-26-18)21(24(30)25(28)31)23(29)20-16-17-10-5-6-12-19(17)32-20/h5-8,10-13,16,22,30H,3-4,9,14-15H2,1-2H3/t22-/m0/s1. The normalized spacial score (nSPS) is 16.5. The summed E-state index contributed by atoms with van der Waals surface area (Å²) in [6, 6.07) is 13.5. The smallest absolute Gasteiger partial charge is 0.290 e. The van der Waals surface area contributed by atoms with Gasteiger partial charge in [0, 0.05) is 18.1 Å². The van der Waals surface area contributed by atoms with E-state index in [0.717, 1.165) is 31.4 Å². The molecule has 2 aromatic heterocycles. The summed E-state index contributed by atoms with van der Waals surface area (Å²) in [4.78, 5) is 34.7. The molecule has 1 aliphatic heterocycles. The summed E-state index contributed by atoms with van der Waals surface area (Å²) in [5.74, 6) is -1.51. The van der Waals surface area contributed by atoms with Crippen molar-refractivity contribution >= 4 is 22.7 Å². The number of aliphatic hydroxyl groups excluding tert-OH is 1. The Hall–Kier alpha value is -3.45. The van der Waals surface area contributed by atoms with Crippen LogP contribution in [0.15, 0.2) is 70.5 Å². The summed E-state index contributed by atoms with van der Waals surface area (Å²) in [6.07, 6.45) is 2.34. The fraction of sp³-hybridized carbons (Fsp3) is 0.320. The van der Waals surface area contributed by atoms with E-state index in [1.165, 1.54) is 4.90 Å². The molecule has 0 aliphatic carbocycles. The van der Waals surface area contributed by atoms with Crippen LogP contribution in [0.4, 0.5) is 0 Å². The molecule has 3 heterocycles. The zero-order chi connectivity index (χ0) is 22.7. The first kappa shape index (κ1) is 21.8. The second-order valence-electron chi connectivity index (χ2n) is 7.78. The molecule has 166 valence electrons. The maximum atomic E-state index is 13.5. The van der Waals surface area contributed by atoms with Gasteiger partial charge in [0.25, 0.3) is 5.91 Å². The van der Waals surface area contributed by atoms with Gasteiger partial charge < -0.3 is 19.3 Å². The van der Waals surface area contributed by atoms with Gasteiger partial charge in [0.1, 0.15) is 11.6 Å². The zero-order valence-electron chi connectivity index (χ0n) is 18.3. The molecule has 3 aromatic rings. The lowest BCUT2D eigenvalue weighted by Crippen LogP contribution is -2.34. The Morgan fingerprint density at radius 2 is 1.91 bits per heavy atom. The number of para-hydroxylation sites is 1. The van der Waals surface area contributed by atoms with Gasteiger partial charge in [0.05, 0.1) is 11.3 Å². The van der Waals surface area contributed by atoms with Crippen LogP contribution in [0.25, 0.3) is 11.0 Å². The lowest BCUT2D eigenvalue weighted by atomic mass is 9.98. The minimum atomic E-state index is -0.763. The molecule has 0 bridgehead atoms. The van der Waals surface area contributed by atoms with Crippen molar-refractivity contribution in [3.8, 4) is 0 Å². The van der Waals surface area contributed by atoms with E-state index in [0.29, 0.717) is 17.8 Å². The number of carbonyl (C=O) groups is 2. The molecule has 0 saturated carbocycles. The zero-order valence-corrected chi connectivity index (χ0v) is 18.3. The fourth-order valence-corrected chi connectivity index (χ4v) is 4.19. The van der Waals surface area contributed by atoms with Gasteiger partial charge in [0.2, 0.25) is 5.78 Å². The molecule has 1 atom stereocenters. The number of aromatic nitrogens is 1. The Kier molecular flexibility index (Phi) is 6.37. The average Bonchev–Trinajstić information content (AvgIpc) is 3.37. The molecule has 0 spiro atoms. The molecule has 7 nitrogen and oxygen atoms in total. The van der Waals surface area contributed by atoms with Crippen LogP contribution in [0, 0.1) is 0 Å². The maximum absolute atomic E-state index is 13.5. The number of hydrogen-bond acceptors (Lipinski definition) is 6. The lowest BCUT2D eigenvalue weighted by molar-refractivity contribution is -0.129. The number of amides is 1. The summed E-state index contributed by atoms with van der Waals surface area (Å²) in [7, 11) is 0. The fourth-order valence-electron chi connectivity index (χ4n) is 4.19. The summed E-state index contributed by atoms with van der Waals surface area (Å²) in [5, 5.41) is 11.5. The van der Waals surface area contributed by atoms with Crippen LogP contribution in [0.2, 0.25) is 0 Å². The predicted octanol–water partition coefficient (Wildman–Crippen LogP) is 4.14. The predicted molar refractivity (Wildman–Crippen MR) is 121 cm³/mol. The number of furan rings is 1. The van der Waals surface area contributed by atoms with Crippen molar-refractivity contribution in [1.29, 1.82) is 0 Å². The maximum Gasteiger partial charge on any atom is 0.290 e. The molecule has 0 unspecified atom stereocenters. The number of pyridine rings is 1. The van der Waals surface area contributed by atoms with Crippen molar-refractivity contribution in [3.05, 3.63) is 77.5 Å². The Morgan fingerprint density at radius 1 is 1.16 bits per heavy atom. The van der Waals surface area contributed by atoms with Crippen LogP contribution in [-0.2, 0) is 4.79 Å². The summed E-state index contributed by atoms with van der Waals surface area (Å²) < 4.78 is 5.74. The van der Waals surface area contributed by atoms with Crippen molar-refractivity contribution in [3.63, 3.8) is 0 Å². The first-order chi connectivity index (χ1) is 15.5. The number of rotatable bonds is 9. The Labute approximate surface area is 187 Å². The number of aliphatic hydroxyl groups is 1. The van der Waals surface area contributed by atoms with Gasteiger partial charge in [-0.15, -0.1) is 0 Å². The van der Waals surface area contributed by atoms with Gasteiger partial charge in [-0.25, -0.2) is 0 Å². The molecule has 1 amide bonds. The molecule has 1 N–H and O–H groups in total. The van der Waals surface area contributed by atoms with Gasteiger partial charge >= 0.3 is 0 Å². The molecule has 0 saturated heterocycles. The van der Waals surface area contributed by atoms with Gasteiger partial charge in [-0.3, -0.25) is 14.6 Å². The van der Waals surface area contributed by atoms with Crippen LogP contribution in [0.3, 0.4) is 0 Å². The highest BCUT2D eigenvalue weighted by Gasteiger charge is 2.44. The van der Waals surface area contributed by atoms with Gasteiger partial charge in [-0.2, -0.15) is 0 Å². The molecule has 32 heavy (non-hydrogen) atoms. The molecule has 0 radical (unpaired) electrons. The first-order valence-electron chi connectivity index (χ1n) is 11.0. The topological polar surface area (TPSA) is 86.9 Å². The van der Waals surface area contributed by atoms with Crippen LogP contribution in [-0.4, -0.2) is 57.8 Å². The Balaban J connectivity index is 1.67. The van der Waals surface area contributed by atoms with Crippen molar-refractivity contribution in [2.75, 3.05) is 26.2 Å². The summed E-state index contributed by atoms with van der Waals surface area (Å²) in [6.45, 7) is 7.26. The highest BCUT2D eigenvalue weighted by Crippen LogP contribution is 2.38. The van der Waals surface area contributed by atoms with Crippen molar-refractivity contribution in [2.24, 2.45) is 0 Å². The molecular weight excluding hydrogens is 406 g/mol. The third kappa shape index (κ3) is 4.03. The van der Waals surface area contributed by atoms with E-state index in [1.54, 1.807) is 36.5 Å². The molecule has 7 heteroatoms. The Bertz CT molecular complexity index is 1120. The van der Waals surface area contributed by atoms with Gasteiger partial charge in [-0.05, 0) is 50.3 Å². The number of nitrogens with zero attached hydrogens (tertiary/aromatic N) is 3. The molecular formula is C25H27N3O4. The van der Waals surface area contributed by atoms with E-state index in [9.17, 15) is 14.7 Å². The quantitative estimate of drug-likeness (QED) is 0.511. The highest BCUT2D eigenvalue weighted by molar-refractivity contribution is 6.15. The SMILES string of the molecule is CCN(CC)CCCN1C(=O)C(O)=C(C(=O)c2cc3ccccc3o2)[C@@H]1c1ccccn1. The minimum absolute atomic E-state index is 0.00981. The van der Waals surface area contributed by atoms with Crippen LogP contribution >= 0.6 is 0 Å². The molecule has 4 rings (SSSR count). The minimum Gasteiger partial charge on any atom is -0.503 e. The number of Topliss-reactive ketones (excluding diaryl/α,β-unsaturated/α-hetero) is 1. The van der Waals surface area contributed by atoms with E-state index in [-0.39, 0.29) is 11.3 Å². The van der Waals surface area contributed by atoms with Crippen LogP contribution < -0.4 is 0 Å². The highest BCUT2D eigenvalue weighted by atomic mass is 16.3. The van der Waals surface area contributed by atoms with E-state index < -0.39 is 23.5 Å². The number of carbonyl (C=O) groups excluding carboxylic acids is 2. The molecule has 1 aliphatic rings. The number of ketones is 1. The molecule has 1 aromatic carbocycles. The van der Waals surface area contributed by atoms with Gasteiger partial charge in [0.15, 0.2) is 11.5 Å². The summed E-state index contributed by atoms with van der Waals surface area (Å²) in [5.41, 5.74) is 1.12. The van der Waals surface area contributed by atoms with Crippen molar-refractivity contribution in [2.45, 2.75) is 26.3 Å². The van der Waals surface area contributed by atoms with Crippen LogP contribution in [0.5, 0.6) is 0 Å². The largest absolute Gasteiger partial charge is 0.503 e. The summed E-state index contributed by atoms with van der Waals surface area (Å²) >= 11 is 0. The van der Waals surface area contributed by atoms with Crippen molar-refractivity contribution in [1.82, 2.24) is 14.8 Å². The van der Waals surface area contributed by atoms with E-state index in [4.69, 9.17) is 4.42 Å². The van der Waals surface area contributed by atoms with E-state index in [1.807, 2.05) is 18.2 Å². The van der Waals surface area contributed by atoms with E-state index >= 15 is 0 Å². The molecule has 0 fully saturated rings. The third-order valence-electron chi connectivity index (χ3n) is 5.93. The monoisotopic (exact) mass is 433 g/mol. The second kappa shape index (κ2) is 9.36. The third-order valence-corrected chi connectivity index (χ3v) is 5.93. The lowest BCUT2D eigenvalue weighted by Gasteiger charge is -2.27.